The molecule has 0 aromatic heterocycles. The number of fused-ring (bicyclic) bond motifs is 1. The fraction of sp³-hybridized carbons (Fsp3) is 0.333. The Kier molecular flexibility index (Phi) is 2.17. The molecule has 2 nitrogen and oxygen atoms in total. The average Bonchev–Trinajstić information content (AvgIpc) is 2.07. The van der Waals surface area contributed by atoms with Crippen LogP contribution in [0.4, 0.5) is 0 Å². The number of ether oxygens (including phenoxy) is 1. The third-order valence-corrected chi connectivity index (χ3v) is 2.51. The summed E-state index contributed by atoms with van der Waals surface area (Å²) in [5, 5.41) is 9.44. The first-order valence-corrected chi connectivity index (χ1v) is 4.64. The van der Waals surface area contributed by atoms with Crippen molar-refractivity contribution < 1.29 is 9.84 Å². The fourth-order valence-electron chi connectivity index (χ4n) is 1.39. The van der Waals surface area contributed by atoms with Crippen molar-refractivity contribution in [3.63, 3.8) is 0 Å². The third-order valence-electron chi connectivity index (χ3n) is 2.02. The molecule has 0 spiro atoms. The molecule has 0 fully saturated rings. The Morgan fingerprint density at radius 3 is 3.17 bits per heavy atom. The Labute approximate surface area is 79.3 Å². The summed E-state index contributed by atoms with van der Waals surface area (Å²) in [7, 11) is 0. The Morgan fingerprint density at radius 1 is 1.50 bits per heavy atom. The van der Waals surface area contributed by atoms with Crippen LogP contribution in [-0.2, 0) is 11.2 Å². The zero-order valence-electron chi connectivity index (χ0n) is 6.46. The van der Waals surface area contributed by atoms with Crippen LogP contribution in [0.3, 0.4) is 0 Å². The number of benzene rings is 1. The molecular weight excluding hydrogens is 220 g/mol. The second-order valence-electron chi connectivity index (χ2n) is 2.82. The van der Waals surface area contributed by atoms with Gasteiger partial charge in [0.2, 0.25) is 0 Å². The smallest absolute Gasteiger partial charge is 0.181 e. The lowest BCUT2D eigenvalue weighted by Gasteiger charge is -2.21. The van der Waals surface area contributed by atoms with Crippen LogP contribution in [0.1, 0.15) is 17.4 Å². The first-order valence-electron chi connectivity index (χ1n) is 3.85. The van der Waals surface area contributed by atoms with Gasteiger partial charge in [-0.2, -0.15) is 0 Å². The molecule has 1 unspecified atom stereocenters. The molecule has 0 radical (unpaired) electrons. The molecule has 0 saturated carbocycles. The van der Waals surface area contributed by atoms with E-state index in [1.165, 1.54) is 5.56 Å². The van der Waals surface area contributed by atoms with Crippen LogP contribution in [-0.4, -0.2) is 11.7 Å². The lowest BCUT2D eigenvalue weighted by molar-refractivity contribution is -0.110. The molecule has 0 bridgehead atoms. The van der Waals surface area contributed by atoms with E-state index in [0.29, 0.717) is 6.61 Å². The highest BCUT2D eigenvalue weighted by Crippen LogP contribution is 2.27. The molecule has 12 heavy (non-hydrogen) atoms. The van der Waals surface area contributed by atoms with Crippen molar-refractivity contribution in [1.82, 2.24) is 0 Å². The molecule has 1 aliphatic rings. The van der Waals surface area contributed by atoms with Crippen LogP contribution in [0.5, 0.6) is 0 Å². The topological polar surface area (TPSA) is 29.5 Å². The van der Waals surface area contributed by atoms with Crippen LogP contribution < -0.4 is 0 Å². The molecule has 0 aliphatic carbocycles. The van der Waals surface area contributed by atoms with Gasteiger partial charge < -0.3 is 9.84 Å². The van der Waals surface area contributed by atoms with Gasteiger partial charge in [-0.25, -0.2) is 0 Å². The standard InChI is InChI=1S/C9H9BrO2/c10-7-2-1-6-3-4-12-9(11)8(6)5-7/h1-2,5,9,11H,3-4H2. The number of halogens is 1. The Hall–Kier alpha value is -0.380. The van der Waals surface area contributed by atoms with Crippen LogP contribution in [0.25, 0.3) is 0 Å². The maximum atomic E-state index is 9.44. The van der Waals surface area contributed by atoms with Crippen molar-refractivity contribution in [2.24, 2.45) is 0 Å². The minimum Gasteiger partial charge on any atom is -0.364 e. The van der Waals surface area contributed by atoms with E-state index in [1.807, 2.05) is 18.2 Å². The predicted octanol–water partition coefficient (Wildman–Crippen LogP) is 2.01. The summed E-state index contributed by atoms with van der Waals surface area (Å²) in [5.74, 6) is 0. The summed E-state index contributed by atoms with van der Waals surface area (Å²) < 4.78 is 6.07. The van der Waals surface area contributed by atoms with Crippen molar-refractivity contribution >= 4 is 15.9 Å². The van der Waals surface area contributed by atoms with E-state index in [9.17, 15) is 5.11 Å². The van der Waals surface area contributed by atoms with E-state index in [1.54, 1.807) is 0 Å². The molecule has 0 amide bonds. The fourth-order valence-corrected chi connectivity index (χ4v) is 1.77. The van der Waals surface area contributed by atoms with Crippen molar-refractivity contribution in [3.05, 3.63) is 33.8 Å². The molecule has 1 N–H and O–H groups in total. The van der Waals surface area contributed by atoms with Gasteiger partial charge in [0.1, 0.15) is 0 Å². The zero-order chi connectivity index (χ0) is 8.55. The monoisotopic (exact) mass is 228 g/mol. The Morgan fingerprint density at radius 2 is 2.33 bits per heavy atom. The van der Waals surface area contributed by atoms with Gasteiger partial charge in [0, 0.05) is 10.0 Å². The highest BCUT2D eigenvalue weighted by molar-refractivity contribution is 9.10. The minimum absolute atomic E-state index is 0.607. The highest BCUT2D eigenvalue weighted by Gasteiger charge is 2.17. The van der Waals surface area contributed by atoms with Gasteiger partial charge in [0.25, 0.3) is 0 Å². The zero-order valence-corrected chi connectivity index (χ0v) is 8.04. The number of aliphatic hydroxyl groups excluding tert-OH is 1. The average molecular weight is 229 g/mol. The summed E-state index contributed by atoms with van der Waals surface area (Å²) in [6.07, 6.45) is 0.144. The molecule has 2 rings (SSSR count). The summed E-state index contributed by atoms with van der Waals surface area (Å²) in [5.41, 5.74) is 2.06. The van der Waals surface area contributed by atoms with Crippen LogP contribution in [0.15, 0.2) is 22.7 Å². The van der Waals surface area contributed by atoms with Crippen molar-refractivity contribution in [2.75, 3.05) is 6.61 Å². The molecule has 0 saturated heterocycles. The van der Waals surface area contributed by atoms with Gasteiger partial charge in [-0.3, -0.25) is 0 Å². The first kappa shape index (κ1) is 8.23. The minimum atomic E-state index is -0.744. The molecule has 3 heteroatoms. The van der Waals surface area contributed by atoms with Crippen LogP contribution >= 0.6 is 15.9 Å². The van der Waals surface area contributed by atoms with Gasteiger partial charge in [0.05, 0.1) is 6.61 Å². The quantitative estimate of drug-likeness (QED) is 0.737. The maximum absolute atomic E-state index is 9.44. The third kappa shape index (κ3) is 1.40. The van der Waals surface area contributed by atoms with Gasteiger partial charge >= 0.3 is 0 Å². The van der Waals surface area contributed by atoms with Gasteiger partial charge in [-0.1, -0.05) is 22.0 Å². The van der Waals surface area contributed by atoms with E-state index in [0.717, 1.165) is 16.5 Å². The maximum Gasteiger partial charge on any atom is 0.181 e. The number of hydrogen-bond acceptors (Lipinski definition) is 2. The van der Waals surface area contributed by atoms with E-state index in [4.69, 9.17) is 4.74 Å². The molecule has 1 heterocycles. The van der Waals surface area contributed by atoms with Crippen LogP contribution in [0, 0.1) is 0 Å². The predicted molar refractivity (Wildman–Crippen MR) is 48.8 cm³/mol. The van der Waals surface area contributed by atoms with E-state index >= 15 is 0 Å². The molecule has 1 aliphatic heterocycles. The van der Waals surface area contributed by atoms with Crippen LogP contribution in [0.2, 0.25) is 0 Å². The summed E-state index contributed by atoms with van der Waals surface area (Å²) in [6.45, 7) is 0.607. The van der Waals surface area contributed by atoms with Gasteiger partial charge in [-0.15, -0.1) is 0 Å². The summed E-state index contributed by atoms with van der Waals surface area (Å²) in [4.78, 5) is 0. The number of aliphatic hydroxyl groups is 1. The second kappa shape index (κ2) is 3.17. The highest BCUT2D eigenvalue weighted by atomic mass is 79.9. The molecule has 1 aromatic rings. The lowest BCUT2D eigenvalue weighted by atomic mass is 10.0. The number of rotatable bonds is 0. The second-order valence-corrected chi connectivity index (χ2v) is 3.73. The molecule has 64 valence electrons. The van der Waals surface area contributed by atoms with E-state index < -0.39 is 6.29 Å². The Balaban J connectivity index is 2.47. The van der Waals surface area contributed by atoms with Crippen molar-refractivity contribution in [3.8, 4) is 0 Å². The molecule has 1 aromatic carbocycles. The Bertz CT molecular complexity index is 299. The molecular formula is C9H9BrO2. The number of hydrogen-bond donors (Lipinski definition) is 1. The summed E-state index contributed by atoms with van der Waals surface area (Å²) >= 11 is 3.35. The van der Waals surface area contributed by atoms with Gasteiger partial charge in [-0.05, 0) is 24.1 Å². The normalized spacial score (nSPS) is 22.0. The molecule has 1 atom stereocenters. The van der Waals surface area contributed by atoms with Crippen molar-refractivity contribution in [2.45, 2.75) is 12.7 Å². The first-order chi connectivity index (χ1) is 5.77. The SMILES string of the molecule is OC1OCCc2ccc(Br)cc21. The van der Waals surface area contributed by atoms with E-state index in [-0.39, 0.29) is 0 Å². The summed E-state index contributed by atoms with van der Waals surface area (Å²) in [6, 6.07) is 5.90. The lowest BCUT2D eigenvalue weighted by Crippen LogP contribution is -2.15. The van der Waals surface area contributed by atoms with Crippen molar-refractivity contribution in [1.29, 1.82) is 0 Å². The van der Waals surface area contributed by atoms with E-state index in [2.05, 4.69) is 15.9 Å². The largest absolute Gasteiger partial charge is 0.364 e. The van der Waals surface area contributed by atoms with Gasteiger partial charge in [0.15, 0.2) is 6.29 Å².